The number of sulfonamides is 1. The van der Waals surface area contributed by atoms with Crippen molar-refractivity contribution >= 4 is 27.4 Å². The van der Waals surface area contributed by atoms with Gasteiger partial charge in [0.25, 0.3) is 0 Å². The number of nitrogens with zero attached hydrogens (tertiary/aromatic N) is 3. The van der Waals surface area contributed by atoms with Crippen LogP contribution in [0.3, 0.4) is 0 Å². The molecule has 0 saturated carbocycles. The molecule has 1 aliphatic heterocycles. The first-order chi connectivity index (χ1) is 12.2. The van der Waals surface area contributed by atoms with Gasteiger partial charge in [0.1, 0.15) is 11.0 Å². The van der Waals surface area contributed by atoms with Gasteiger partial charge >= 0.3 is 6.18 Å². The van der Waals surface area contributed by atoms with E-state index in [1.165, 1.54) is 16.4 Å². The monoisotopic (exact) mass is 405 g/mol. The summed E-state index contributed by atoms with van der Waals surface area (Å²) in [6, 6.07) is 9.70. The molecule has 0 unspecified atom stereocenters. The van der Waals surface area contributed by atoms with Crippen molar-refractivity contribution < 1.29 is 21.6 Å². The van der Waals surface area contributed by atoms with Gasteiger partial charge in [-0.1, -0.05) is 29.8 Å². The Kier molecular flexibility index (Phi) is 5.14. The minimum atomic E-state index is -4.53. The highest BCUT2D eigenvalue weighted by molar-refractivity contribution is 7.89. The number of anilines is 1. The number of benzene rings is 1. The van der Waals surface area contributed by atoms with Crippen LogP contribution in [-0.4, -0.2) is 43.9 Å². The summed E-state index contributed by atoms with van der Waals surface area (Å²) in [5, 5.41) is -0.255. The Hall–Kier alpha value is -1.84. The summed E-state index contributed by atoms with van der Waals surface area (Å²) in [6.07, 6.45) is -4.53. The van der Waals surface area contributed by atoms with E-state index in [0.29, 0.717) is 0 Å². The van der Waals surface area contributed by atoms with E-state index in [0.717, 1.165) is 12.1 Å². The number of alkyl halides is 3. The third kappa shape index (κ3) is 3.94. The number of hydrogen-bond donors (Lipinski definition) is 0. The van der Waals surface area contributed by atoms with Crippen molar-refractivity contribution in [2.45, 2.75) is 11.1 Å². The Balaban J connectivity index is 1.76. The van der Waals surface area contributed by atoms with Crippen LogP contribution >= 0.6 is 11.6 Å². The molecule has 26 heavy (non-hydrogen) atoms. The molecule has 1 fully saturated rings. The maximum atomic E-state index is 12.9. The molecule has 0 bridgehead atoms. The molecule has 140 valence electrons. The summed E-state index contributed by atoms with van der Waals surface area (Å²) < 4.78 is 65.3. The molecule has 1 aromatic heterocycles. The first-order valence-electron chi connectivity index (χ1n) is 7.73. The van der Waals surface area contributed by atoms with E-state index < -0.39 is 21.8 Å². The van der Waals surface area contributed by atoms with Gasteiger partial charge in [0.15, 0.2) is 0 Å². The Morgan fingerprint density at radius 2 is 1.62 bits per heavy atom. The van der Waals surface area contributed by atoms with Crippen LogP contribution in [0.2, 0.25) is 5.15 Å². The number of aromatic nitrogens is 1. The number of piperazine rings is 1. The lowest BCUT2D eigenvalue weighted by Crippen LogP contribution is -2.49. The van der Waals surface area contributed by atoms with E-state index in [9.17, 15) is 21.6 Å². The van der Waals surface area contributed by atoms with E-state index in [1.54, 1.807) is 23.1 Å². The van der Waals surface area contributed by atoms with Crippen LogP contribution in [0.1, 0.15) is 5.56 Å². The predicted octanol–water partition coefficient (Wildman–Crippen LogP) is 3.26. The summed E-state index contributed by atoms with van der Waals surface area (Å²) in [5.74, 6) is 0.0848. The normalized spacial score (nSPS) is 16.7. The van der Waals surface area contributed by atoms with E-state index in [2.05, 4.69) is 4.98 Å². The van der Waals surface area contributed by atoms with E-state index >= 15 is 0 Å². The van der Waals surface area contributed by atoms with E-state index in [-0.39, 0.29) is 42.0 Å². The first kappa shape index (κ1) is 18.9. The van der Waals surface area contributed by atoms with Gasteiger partial charge in [0.05, 0.1) is 10.5 Å². The largest absolute Gasteiger partial charge is 0.416 e. The Bertz CT molecular complexity index is 883. The van der Waals surface area contributed by atoms with Crippen molar-refractivity contribution in [3.8, 4) is 0 Å². The van der Waals surface area contributed by atoms with Crippen molar-refractivity contribution in [1.29, 1.82) is 0 Å². The second-order valence-electron chi connectivity index (χ2n) is 5.74. The lowest BCUT2D eigenvalue weighted by atomic mass is 10.2. The zero-order valence-corrected chi connectivity index (χ0v) is 15.0. The molecular weight excluding hydrogens is 391 g/mol. The van der Waals surface area contributed by atoms with Crippen LogP contribution in [0.4, 0.5) is 19.0 Å². The minimum Gasteiger partial charge on any atom is -0.354 e. The molecule has 3 rings (SSSR count). The van der Waals surface area contributed by atoms with Gasteiger partial charge in [-0.25, -0.2) is 13.4 Å². The van der Waals surface area contributed by atoms with Crippen molar-refractivity contribution in [2.24, 2.45) is 0 Å². The lowest BCUT2D eigenvalue weighted by molar-refractivity contribution is -0.137. The molecule has 1 aliphatic rings. The molecule has 2 aromatic rings. The molecule has 5 nitrogen and oxygen atoms in total. The van der Waals surface area contributed by atoms with Crippen LogP contribution in [0.15, 0.2) is 47.4 Å². The smallest absolute Gasteiger partial charge is 0.354 e. The fourth-order valence-electron chi connectivity index (χ4n) is 2.71. The van der Waals surface area contributed by atoms with Crippen LogP contribution in [0, 0.1) is 0 Å². The summed E-state index contributed by atoms with van der Waals surface area (Å²) >= 11 is 5.71. The molecule has 2 heterocycles. The topological polar surface area (TPSA) is 53.5 Å². The zero-order valence-electron chi connectivity index (χ0n) is 13.4. The van der Waals surface area contributed by atoms with Crippen LogP contribution in [0.5, 0.6) is 0 Å². The summed E-state index contributed by atoms with van der Waals surface area (Å²) in [4.78, 5) is 5.72. The molecule has 1 aromatic carbocycles. The molecule has 1 saturated heterocycles. The van der Waals surface area contributed by atoms with Gasteiger partial charge in [-0.05, 0) is 24.3 Å². The van der Waals surface area contributed by atoms with Gasteiger partial charge < -0.3 is 4.90 Å². The minimum absolute atomic E-state index is 0.0848. The Morgan fingerprint density at radius 3 is 2.19 bits per heavy atom. The highest BCUT2D eigenvalue weighted by Crippen LogP contribution is 2.33. The number of rotatable bonds is 3. The molecule has 10 heteroatoms. The van der Waals surface area contributed by atoms with Crippen molar-refractivity contribution in [3.63, 3.8) is 0 Å². The number of hydrogen-bond acceptors (Lipinski definition) is 4. The predicted molar refractivity (Wildman–Crippen MR) is 91.7 cm³/mol. The summed E-state index contributed by atoms with van der Waals surface area (Å²) in [7, 11) is -3.63. The average Bonchev–Trinajstić information content (AvgIpc) is 2.61. The second-order valence-corrected chi connectivity index (χ2v) is 8.06. The Morgan fingerprint density at radius 1 is 1.00 bits per heavy atom. The quantitative estimate of drug-likeness (QED) is 0.735. The van der Waals surface area contributed by atoms with Gasteiger partial charge in [-0.15, -0.1) is 0 Å². The highest BCUT2D eigenvalue weighted by Gasteiger charge is 2.33. The standard InChI is InChI=1S/C16H15ClF3N3O2S/c17-14-10-12(16(18,19)20)11-15(21-14)22-6-8-23(9-7-22)26(24,25)13-4-2-1-3-5-13/h1-5,10-11H,6-9H2. The Labute approximate surface area is 154 Å². The van der Waals surface area contributed by atoms with Crippen LogP contribution in [-0.2, 0) is 16.2 Å². The van der Waals surface area contributed by atoms with Crippen molar-refractivity contribution in [2.75, 3.05) is 31.1 Å². The average molecular weight is 406 g/mol. The van der Waals surface area contributed by atoms with Gasteiger partial charge in [-0.2, -0.15) is 17.5 Å². The number of halogens is 4. The van der Waals surface area contributed by atoms with Crippen molar-refractivity contribution in [3.05, 3.63) is 53.2 Å². The molecule has 0 aliphatic carbocycles. The number of pyridine rings is 1. The third-order valence-electron chi connectivity index (χ3n) is 4.05. The highest BCUT2D eigenvalue weighted by atomic mass is 35.5. The van der Waals surface area contributed by atoms with Gasteiger partial charge in [0, 0.05) is 26.2 Å². The third-order valence-corrected chi connectivity index (χ3v) is 6.16. The molecule has 0 radical (unpaired) electrons. The van der Waals surface area contributed by atoms with Crippen LogP contribution in [0.25, 0.3) is 0 Å². The zero-order chi connectivity index (χ0) is 18.9. The molecule has 0 atom stereocenters. The molecule has 0 spiro atoms. The fraction of sp³-hybridized carbons (Fsp3) is 0.312. The molecule has 0 N–H and O–H groups in total. The first-order valence-corrected chi connectivity index (χ1v) is 9.55. The van der Waals surface area contributed by atoms with Gasteiger partial charge in [0.2, 0.25) is 10.0 Å². The van der Waals surface area contributed by atoms with Gasteiger partial charge in [-0.3, -0.25) is 0 Å². The summed E-state index contributed by atoms with van der Waals surface area (Å²) in [5.41, 5.74) is -0.883. The SMILES string of the molecule is O=S(=O)(c1ccccc1)N1CCN(c2cc(C(F)(F)F)cc(Cl)n2)CC1. The second kappa shape index (κ2) is 7.05. The maximum absolute atomic E-state index is 12.9. The van der Waals surface area contributed by atoms with E-state index in [4.69, 9.17) is 11.6 Å². The van der Waals surface area contributed by atoms with Crippen LogP contribution < -0.4 is 4.90 Å². The molecule has 0 amide bonds. The van der Waals surface area contributed by atoms with E-state index in [1.807, 2.05) is 0 Å². The lowest BCUT2D eigenvalue weighted by Gasteiger charge is -2.34. The van der Waals surface area contributed by atoms with Crippen molar-refractivity contribution in [1.82, 2.24) is 9.29 Å². The maximum Gasteiger partial charge on any atom is 0.416 e. The summed E-state index contributed by atoms with van der Waals surface area (Å²) in [6.45, 7) is 0.729. The molecular formula is C16H15ClF3N3O2S. The fourth-order valence-corrected chi connectivity index (χ4v) is 4.36.